The van der Waals surface area contributed by atoms with E-state index < -0.39 is 0 Å². The number of anilines is 2. The molecule has 2 aliphatic rings. The molecule has 2 aromatic rings. The molecule has 5 heteroatoms. The van der Waals surface area contributed by atoms with Crippen molar-refractivity contribution in [3.63, 3.8) is 0 Å². The topological polar surface area (TPSA) is 53.0 Å². The fourth-order valence-corrected chi connectivity index (χ4v) is 3.69. The molecule has 2 heterocycles. The predicted octanol–water partition coefficient (Wildman–Crippen LogP) is 3.39. The number of hydrogen-bond donors (Lipinski definition) is 0. The number of rotatable bonds is 4. The van der Waals surface area contributed by atoms with Crippen molar-refractivity contribution in [1.82, 2.24) is 0 Å². The minimum atomic E-state index is -0.322. The van der Waals surface area contributed by atoms with Gasteiger partial charge in [-0.3, -0.25) is 9.59 Å². The van der Waals surface area contributed by atoms with Crippen LogP contribution in [0.5, 0.6) is 0 Å². The van der Waals surface area contributed by atoms with E-state index in [2.05, 4.69) is 11.2 Å². The molecule has 0 saturated heterocycles. The number of hydrazone groups is 1. The van der Waals surface area contributed by atoms with Gasteiger partial charge in [0, 0.05) is 24.4 Å². The monoisotopic (exact) mass is 347 g/mol. The molecule has 0 N–H and O–H groups in total. The van der Waals surface area contributed by atoms with Gasteiger partial charge in [-0.1, -0.05) is 36.4 Å². The molecule has 0 radical (unpaired) electrons. The summed E-state index contributed by atoms with van der Waals surface area (Å²) in [4.78, 5) is 27.3. The second-order valence-electron chi connectivity index (χ2n) is 6.74. The Balaban J connectivity index is 1.42. The van der Waals surface area contributed by atoms with Crippen LogP contribution < -0.4 is 9.91 Å². The first kappa shape index (κ1) is 16.5. The molecule has 2 aromatic carbocycles. The lowest BCUT2D eigenvalue weighted by Gasteiger charge is -2.18. The normalized spacial score (nSPS) is 18.9. The summed E-state index contributed by atoms with van der Waals surface area (Å²) in [5.74, 6) is -0.297. The minimum absolute atomic E-state index is 0.0525. The molecule has 2 amide bonds. The van der Waals surface area contributed by atoms with Gasteiger partial charge >= 0.3 is 0 Å². The van der Waals surface area contributed by atoms with Gasteiger partial charge < -0.3 is 4.90 Å². The molecular formula is C21H21N3O2. The third-order valence-electron chi connectivity index (χ3n) is 5.10. The number of hydrogen-bond acceptors (Lipinski definition) is 3. The number of para-hydroxylation sites is 2. The fraction of sp³-hybridized carbons (Fsp3) is 0.286. The first-order valence-corrected chi connectivity index (χ1v) is 8.97. The van der Waals surface area contributed by atoms with Crippen molar-refractivity contribution >= 4 is 28.9 Å². The van der Waals surface area contributed by atoms with Gasteiger partial charge in [0.1, 0.15) is 0 Å². The SMILES string of the molecule is CC1=NN(c2ccccc2)C(=O)[C@@H]1CCC(=O)N1CCc2ccccc21. The Morgan fingerprint density at radius 3 is 2.65 bits per heavy atom. The van der Waals surface area contributed by atoms with Gasteiger partial charge in [0.15, 0.2) is 0 Å². The van der Waals surface area contributed by atoms with Crippen molar-refractivity contribution < 1.29 is 9.59 Å². The summed E-state index contributed by atoms with van der Waals surface area (Å²) in [6, 6.07) is 17.4. The molecule has 0 saturated carbocycles. The zero-order valence-electron chi connectivity index (χ0n) is 14.8. The molecule has 26 heavy (non-hydrogen) atoms. The average molecular weight is 347 g/mol. The molecule has 0 unspecified atom stereocenters. The predicted molar refractivity (Wildman–Crippen MR) is 102 cm³/mol. The van der Waals surface area contributed by atoms with Crippen LogP contribution in [0.15, 0.2) is 59.7 Å². The summed E-state index contributed by atoms with van der Waals surface area (Å²) in [7, 11) is 0. The first-order valence-electron chi connectivity index (χ1n) is 8.97. The van der Waals surface area contributed by atoms with Crippen LogP contribution in [0.1, 0.15) is 25.3 Å². The van der Waals surface area contributed by atoms with Crippen LogP contribution in [-0.4, -0.2) is 24.1 Å². The van der Waals surface area contributed by atoms with E-state index in [-0.39, 0.29) is 17.7 Å². The van der Waals surface area contributed by atoms with Crippen molar-refractivity contribution in [2.24, 2.45) is 11.0 Å². The van der Waals surface area contributed by atoms with Gasteiger partial charge in [0.05, 0.1) is 11.6 Å². The van der Waals surface area contributed by atoms with Crippen LogP contribution >= 0.6 is 0 Å². The minimum Gasteiger partial charge on any atom is -0.312 e. The molecule has 2 aliphatic heterocycles. The third kappa shape index (κ3) is 2.90. The number of amides is 2. The second kappa shape index (κ2) is 6.75. The zero-order valence-corrected chi connectivity index (χ0v) is 14.8. The van der Waals surface area contributed by atoms with Crippen molar-refractivity contribution in [3.05, 3.63) is 60.2 Å². The highest BCUT2D eigenvalue weighted by Crippen LogP contribution is 2.30. The number of benzene rings is 2. The maximum Gasteiger partial charge on any atom is 0.256 e. The second-order valence-corrected chi connectivity index (χ2v) is 6.74. The number of fused-ring (bicyclic) bond motifs is 1. The lowest BCUT2D eigenvalue weighted by atomic mass is 9.98. The fourth-order valence-electron chi connectivity index (χ4n) is 3.69. The Morgan fingerprint density at radius 1 is 1.12 bits per heavy atom. The van der Waals surface area contributed by atoms with Crippen LogP contribution in [0, 0.1) is 5.92 Å². The van der Waals surface area contributed by atoms with Crippen LogP contribution in [0.2, 0.25) is 0 Å². The molecule has 0 fully saturated rings. The van der Waals surface area contributed by atoms with E-state index in [0.29, 0.717) is 12.8 Å². The zero-order chi connectivity index (χ0) is 18.1. The number of carbonyl (C=O) groups is 2. The van der Waals surface area contributed by atoms with Gasteiger partial charge in [-0.15, -0.1) is 0 Å². The molecule has 5 nitrogen and oxygen atoms in total. The third-order valence-corrected chi connectivity index (χ3v) is 5.10. The summed E-state index contributed by atoms with van der Waals surface area (Å²) in [6.45, 7) is 2.58. The summed E-state index contributed by atoms with van der Waals surface area (Å²) in [5, 5.41) is 5.86. The lowest BCUT2D eigenvalue weighted by Crippen LogP contribution is -2.31. The maximum absolute atomic E-state index is 12.7. The maximum atomic E-state index is 12.7. The van der Waals surface area contributed by atoms with E-state index in [4.69, 9.17) is 0 Å². The molecule has 132 valence electrons. The van der Waals surface area contributed by atoms with Crippen LogP contribution in [0.3, 0.4) is 0 Å². The Hall–Kier alpha value is -2.95. The van der Waals surface area contributed by atoms with Crippen molar-refractivity contribution in [3.8, 4) is 0 Å². The Bertz CT molecular complexity index is 876. The van der Waals surface area contributed by atoms with Gasteiger partial charge in [0.25, 0.3) is 5.91 Å². The highest BCUT2D eigenvalue weighted by atomic mass is 16.2. The van der Waals surface area contributed by atoms with Crippen molar-refractivity contribution in [2.75, 3.05) is 16.5 Å². The van der Waals surface area contributed by atoms with Gasteiger partial charge in [-0.25, -0.2) is 5.01 Å². The van der Waals surface area contributed by atoms with Gasteiger partial charge in [-0.05, 0) is 43.5 Å². The van der Waals surface area contributed by atoms with Crippen molar-refractivity contribution in [2.45, 2.75) is 26.2 Å². The highest BCUT2D eigenvalue weighted by Gasteiger charge is 2.35. The van der Waals surface area contributed by atoms with E-state index in [1.165, 1.54) is 10.6 Å². The Morgan fingerprint density at radius 2 is 1.85 bits per heavy atom. The summed E-state index contributed by atoms with van der Waals surface area (Å²) in [5.41, 5.74) is 3.75. The molecule has 1 atom stereocenters. The van der Waals surface area contributed by atoms with Gasteiger partial charge in [-0.2, -0.15) is 5.10 Å². The molecule has 0 aliphatic carbocycles. The van der Waals surface area contributed by atoms with E-state index >= 15 is 0 Å². The lowest BCUT2D eigenvalue weighted by molar-refractivity contribution is -0.120. The van der Waals surface area contributed by atoms with Gasteiger partial charge in [0.2, 0.25) is 5.91 Å². The smallest absolute Gasteiger partial charge is 0.256 e. The Kier molecular flexibility index (Phi) is 4.29. The van der Waals surface area contributed by atoms with Crippen molar-refractivity contribution in [1.29, 1.82) is 0 Å². The largest absolute Gasteiger partial charge is 0.312 e. The molecule has 0 bridgehead atoms. The molecule has 0 spiro atoms. The van der Waals surface area contributed by atoms with Crippen LogP contribution in [0.25, 0.3) is 0 Å². The summed E-state index contributed by atoms with van der Waals surface area (Å²) >= 11 is 0. The molecular weight excluding hydrogens is 326 g/mol. The first-order chi connectivity index (χ1) is 12.6. The molecule has 0 aromatic heterocycles. The van der Waals surface area contributed by atoms with E-state index in [1.807, 2.05) is 60.4 Å². The summed E-state index contributed by atoms with van der Waals surface area (Å²) < 4.78 is 0. The van der Waals surface area contributed by atoms with Crippen LogP contribution in [-0.2, 0) is 16.0 Å². The standard InChI is InChI=1S/C21H21N3O2/c1-15-18(21(26)24(22-15)17-8-3-2-4-9-17)11-12-20(25)23-14-13-16-7-5-6-10-19(16)23/h2-10,18H,11-14H2,1H3/t18-/m1/s1. The van der Waals surface area contributed by atoms with E-state index in [9.17, 15) is 9.59 Å². The number of carbonyl (C=O) groups excluding carboxylic acids is 2. The average Bonchev–Trinajstić information content (AvgIpc) is 3.22. The summed E-state index contributed by atoms with van der Waals surface area (Å²) in [6.07, 6.45) is 1.74. The Labute approximate surface area is 152 Å². The number of nitrogens with zero attached hydrogens (tertiary/aromatic N) is 3. The molecule has 4 rings (SSSR count). The van der Waals surface area contributed by atoms with Crippen LogP contribution in [0.4, 0.5) is 11.4 Å². The van der Waals surface area contributed by atoms with E-state index in [1.54, 1.807) is 0 Å². The quantitative estimate of drug-likeness (QED) is 0.851. The highest BCUT2D eigenvalue weighted by molar-refractivity contribution is 6.15. The van der Waals surface area contributed by atoms with E-state index in [0.717, 1.165) is 30.1 Å².